The molecule has 0 saturated carbocycles. The molecule has 0 radical (unpaired) electrons. The minimum Gasteiger partial charge on any atom is -0.318 e. The zero-order valence-electron chi connectivity index (χ0n) is 16.4. The first-order valence-corrected chi connectivity index (χ1v) is 9.41. The van der Waals surface area contributed by atoms with E-state index in [0.29, 0.717) is 5.56 Å². The van der Waals surface area contributed by atoms with E-state index >= 15 is 0 Å². The van der Waals surface area contributed by atoms with Gasteiger partial charge in [0.15, 0.2) is 11.5 Å². The Bertz CT molecular complexity index is 1570. The summed E-state index contributed by atoms with van der Waals surface area (Å²) in [5.74, 6) is -0.526. The van der Waals surface area contributed by atoms with Crippen molar-refractivity contribution >= 4 is 28.2 Å². The molecule has 8 nitrogen and oxygen atoms in total. The Labute approximate surface area is 181 Å². The Morgan fingerprint density at radius 3 is 2.52 bits per heavy atom. The largest absolute Gasteiger partial charge is 0.417 e. The Balaban J connectivity index is 1.82. The number of hydrogen-bond acceptors (Lipinski definition) is 7. The van der Waals surface area contributed by atoms with E-state index < -0.39 is 23.1 Å². The minimum atomic E-state index is -4.68. The van der Waals surface area contributed by atoms with Crippen LogP contribution in [0, 0.1) is 5.82 Å². The first-order chi connectivity index (χ1) is 15.8. The van der Waals surface area contributed by atoms with Crippen LogP contribution in [0.2, 0.25) is 0 Å². The van der Waals surface area contributed by atoms with Crippen molar-refractivity contribution in [3.8, 4) is 11.4 Å². The molecule has 12 heteroatoms. The Morgan fingerprint density at radius 1 is 0.970 bits per heavy atom. The number of aromatic nitrogens is 6. The molecule has 3 heterocycles. The third-order valence-electron chi connectivity index (χ3n) is 4.73. The van der Waals surface area contributed by atoms with Crippen LogP contribution in [-0.4, -0.2) is 29.5 Å². The summed E-state index contributed by atoms with van der Waals surface area (Å²) in [4.78, 5) is 28.3. The molecular weight excluding hydrogens is 442 g/mol. The van der Waals surface area contributed by atoms with Crippen molar-refractivity contribution in [3.05, 3.63) is 82.8 Å². The maximum atomic E-state index is 13.8. The average Bonchev–Trinajstić information content (AvgIpc) is 3.13. The van der Waals surface area contributed by atoms with Crippen LogP contribution < -0.4 is 10.9 Å². The molecule has 0 aliphatic rings. The number of nitrogens with zero attached hydrogens (tertiary/aromatic N) is 6. The molecule has 3 aromatic heterocycles. The number of benzene rings is 2. The molecule has 0 aliphatic heterocycles. The van der Waals surface area contributed by atoms with Gasteiger partial charge in [-0.15, -0.1) is 5.10 Å². The Hall–Kier alpha value is -4.48. The van der Waals surface area contributed by atoms with Crippen molar-refractivity contribution in [1.82, 2.24) is 29.5 Å². The number of alkyl halides is 3. The van der Waals surface area contributed by atoms with E-state index in [1.807, 2.05) is 0 Å². The number of halogens is 4. The lowest BCUT2D eigenvalue weighted by molar-refractivity contribution is -0.136. The Kier molecular flexibility index (Phi) is 4.69. The van der Waals surface area contributed by atoms with Gasteiger partial charge in [0.25, 0.3) is 5.56 Å². The van der Waals surface area contributed by atoms with Gasteiger partial charge < -0.3 is 5.32 Å². The van der Waals surface area contributed by atoms with Crippen molar-refractivity contribution in [2.75, 3.05) is 5.32 Å². The summed E-state index contributed by atoms with van der Waals surface area (Å²) in [7, 11) is 0. The second-order valence-corrected chi connectivity index (χ2v) is 6.86. The molecular formula is C21H11F4N7O. The molecule has 5 aromatic rings. The van der Waals surface area contributed by atoms with E-state index in [1.54, 1.807) is 0 Å². The van der Waals surface area contributed by atoms with Gasteiger partial charge >= 0.3 is 6.18 Å². The van der Waals surface area contributed by atoms with Crippen LogP contribution >= 0.6 is 0 Å². The van der Waals surface area contributed by atoms with E-state index in [2.05, 4.69) is 30.4 Å². The van der Waals surface area contributed by atoms with Gasteiger partial charge in [0.1, 0.15) is 11.5 Å². The second-order valence-electron chi connectivity index (χ2n) is 6.86. The zero-order valence-corrected chi connectivity index (χ0v) is 16.4. The van der Waals surface area contributed by atoms with Gasteiger partial charge in [-0.25, -0.2) is 19.3 Å². The predicted molar refractivity (Wildman–Crippen MR) is 110 cm³/mol. The fourth-order valence-corrected chi connectivity index (χ4v) is 3.28. The summed E-state index contributed by atoms with van der Waals surface area (Å²) in [6.07, 6.45) is -0.971. The highest BCUT2D eigenvalue weighted by Gasteiger charge is 2.34. The number of anilines is 2. The van der Waals surface area contributed by atoms with Crippen LogP contribution in [0.15, 0.2) is 65.8 Å². The molecule has 33 heavy (non-hydrogen) atoms. The Morgan fingerprint density at radius 2 is 1.76 bits per heavy atom. The molecule has 0 fully saturated rings. The fourth-order valence-electron chi connectivity index (χ4n) is 3.28. The summed E-state index contributed by atoms with van der Waals surface area (Å²) in [5.41, 5.74) is -1.47. The van der Waals surface area contributed by atoms with Gasteiger partial charge in [-0.05, 0) is 36.4 Å². The topological polar surface area (TPSA) is 98.0 Å². The standard InChI is InChI=1S/C21H11F4N7O/c22-12-6-4-11(5-7-12)17-30-18-16-13(21(23,24)25)2-1-3-14(16)28-20(32(18)31-17)29-15-10-26-8-9-27-19(15)33/h1-10H,(H,27,28,29,33). The normalized spacial score (nSPS) is 11.8. The zero-order chi connectivity index (χ0) is 23.2. The van der Waals surface area contributed by atoms with E-state index in [4.69, 9.17) is 0 Å². The molecule has 0 spiro atoms. The van der Waals surface area contributed by atoms with E-state index in [9.17, 15) is 22.4 Å². The van der Waals surface area contributed by atoms with E-state index in [0.717, 1.165) is 10.6 Å². The first-order valence-electron chi connectivity index (χ1n) is 9.41. The molecule has 0 saturated heterocycles. The minimum absolute atomic E-state index is 0.0217. The third-order valence-corrected chi connectivity index (χ3v) is 4.73. The molecule has 1 N–H and O–H groups in total. The van der Waals surface area contributed by atoms with Crippen molar-refractivity contribution in [3.63, 3.8) is 0 Å². The maximum absolute atomic E-state index is 13.8. The summed E-state index contributed by atoms with van der Waals surface area (Å²) < 4.78 is 55.7. The summed E-state index contributed by atoms with van der Waals surface area (Å²) in [6.45, 7) is 0. The molecule has 5 rings (SSSR count). The van der Waals surface area contributed by atoms with Gasteiger partial charge in [-0.3, -0.25) is 9.78 Å². The van der Waals surface area contributed by atoms with Gasteiger partial charge in [0.2, 0.25) is 5.95 Å². The molecule has 0 aliphatic carbocycles. The summed E-state index contributed by atoms with van der Waals surface area (Å²) in [5, 5.41) is 6.74. The first kappa shape index (κ1) is 20.4. The summed E-state index contributed by atoms with van der Waals surface area (Å²) >= 11 is 0. The SMILES string of the molecule is O=c1nccncc1Nc1nc2cccc(C(F)(F)F)c2c2nc(-c3ccc(F)cc3)nn12. The van der Waals surface area contributed by atoms with Crippen molar-refractivity contribution in [2.24, 2.45) is 0 Å². The van der Waals surface area contributed by atoms with Crippen LogP contribution in [0.1, 0.15) is 5.56 Å². The lowest BCUT2D eigenvalue weighted by atomic mass is 10.1. The van der Waals surface area contributed by atoms with Crippen LogP contribution in [0.4, 0.5) is 29.2 Å². The highest BCUT2D eigenvalue weighted by molar-refractivity contribution is 5.96. The van der Waals surface area contributed by atoms with Crippen molar-refractivity contribution < 1.29 is 17.6 Å². The monoisotopic (exact) mass is 453 g/mol. The van der Waals surface area contributed by atoms with Crippen LogP contribution in [0.3, 0.4) is 0 Å². The van der Waals surface area contributed by atoms with Crippen LogP contribution in [0.25, 0.3) is 27.9 Å². The fraction of sp³-hybridized carbons (Fsp3) is 0.0476. The quantitative estimate of drug-likeness (QED) is 0.413. The highest BCUT2D eigenvalue weighted by atomic mass is 19.4. The number of hydrogen-bond donors (Lipinski definition) is 1. The number of fused-ring (bicyclic) bond motifs is 3. The van der Waals surface area contributed by atoms with Crippen molar-refractivity contribution in [2.45, 2.75) is 6.18 Å². The van der Waals surface area contributed by atoms with Crippen molar-refractivity contribution in [1.29, 1.82) is 0 Å². The van der Waals surface area contributed by atoms with E-state index in [1.165, 1.54) is 55.0 Å². The molecule has 2 aromatic carbocycles. The van der Waals surface area contributed by atoms with E-state index in [-0.39, 0.29) is 34.0 Å². The molecule has 0 atom stereocenters. The van der Waals surface area contributed by atoms with Gasteiger partial charge in [0, 0.05) is 18.0 Å². The van der Waals surface area contributed by atoms with Gasteiger partial charge in [-0.1, -0.05) is 6.07 Å². The lowest BCUT2D eigenvalue weighted by Crippen LogP contribution is -2.13. The maximum Gasteiger partial charge on any atom is 0.417 e. The number of nitrogens with one attached hydrogen (secondary N) is 1. The van der Waals surface area contributed by atoms with Crippen LogP contribution in [0.5, 0.6) is 0 Å². The predicted octanol–water partition coefficient (Wildman–Crippen LogP) is 4.00. The molecule has 0 bridgehead atoms. The highest BCUT2D eigenvalue weighted by Crippen LogP contribution is 2.37. The average molecular weight is 453 g/mol. The third kappa shape index (κ3) is 3.71. The molecule has 0 unspecified atom stereocenters. The van der Waals surface area contributed by atoms with Gasteiger partial charge in [0.05, 0.1) is 22.7 Å². The molecule has 0 amide bonds. The smallest absolute Gasteiger partial charge is 0.318 e. The summed E-state index contributed by atoms with van der Waals surface area (Å²) in [6, 6.07) is 8.70. The van der Waals surface area contributed by atoms with Crippen LogP contribution in [-0.2, 0) is 6.18 Å². The van der Waals surface area contributed by atoms with Gasteiger partial charge in [-0.2, -0.15) is 17.7 Å². The molecule has 164 valence electrons. The second kappa shape index (κ2) is 7.58. The number of rotatable bonds is 3. The lowest BCUT2D eigenvalue weighted by Gasteiger charge is -2.12.